The third-order valence-electron chi connectivity index (χ3n) is 5.99. The van der Waals surface area contributed by atoms with E-state index in [9.17, 15) is 14.0 Å². The number of hydrogen-bond donors (Lipinski definition) is 1. The molecule has 1 heterocycles. The zero-order chi connectivity index (χ0) is 25.5. The lowest BCUT2D eigenvalue weighted by molar-refractivity contribution is -0.142. The van der Waals surface area contributed by atoms with Gasteiger partial charge in [0.2, 0.25) is 11.8 Å². The molecule has 0 spiro atoms. The molecule has 0 aliphatic rings. The first-order valence-electron chi connectivity index (χ1n) is 12.1. The van der Waals surface area contributed by atoms with E-state index in [1.807, 2.05) is 54.6 Å². The van der Waals surface area contributed by atoms with Crippen molar-refractivity contribution in [2.45, 2.75) is 39.4 Å². The van der Waals surface area contributed by atoms with Crippen molar-refractivity contribution in [3.8, 4) is 0 Å². The van der Waals surface area contributed by atoms with Crippen LogP contribution in [0, 0.1) is 11.7 Å². The van der Waals surface area contributed by atoms with Crippen LogP contribution in [0.4, 0.5) is 4.39 Å². The van der Waals surface area contributed by atoms with E-state index in [1.54, 1.807) is 12.1 Å². The van der Waals surface area contributed by atoms with Crippen LogP contribution in [0.15, 0.2) is 78.9 Å². The number of benzene rings is 3. The Morgan fingerprint density at radius 3 is 2.39 bits per heavy atom. The molecule has 2 amide bonds. The van der Waals surface area contributed by atoms with Crippen LogP contribution in [0.2, 0.25) is 0 Å². The van der Waals surface area contributed by atoms with Crippen LogP contribution in [0.25, 0.3) is 11.0 Å². The van der Waals surface area contributed by atoms with Gasteiger partial charge < -0.3 is 10.2 Å². The third-order valence-corrected chi connectivity index (χ3v) is 5.99. The van der Waals surface area contributed by atoms with Crippen LogP contribution < -0.4 is 5.32 Å². The Morgan fingerprint density at radius 2 is 1.67 bits per heavy atom. The molecule has 36 heavy (non-hydrogen) atoms. The zero-order valence-corrected chi connectivity index (χ0v) is 20.5. The summed E-state index contributed by atoms with van der Waals surface area (Å²) in [7, 11) is 0. The highest BCUT2D eigenvalue weighted by molar-refractivity contribution is 5.89. The number of para-hydroxylation sites is 1. The van der Waals surface area contributed by atoms with E-state index in [0.717, 1.165) is 11.9 Å². The standard InChI is InChI=1S/C28H30FN5O2/c1-20(2)16-17-30-28(36)27(22-8-4-3-5-9-22)33(18-21-12-14-23(29)15-13-21)26(35)19-34-25-11-7-6-10-24(25)31-32-34/h3-15,20,27H,16-19H2,1-2H3,(H,30,36). The van der Waals surface area contributed by atoms with Gasteiger partial charge in [0, 0.05) is 13.1 Å². The van der Waals surface area contributed by atoms with Gasteiger partial charge in [-0.05, 0) is 47.7 Å². The van der Waals surface area contributed by atoms with Gasteiger partial charge in [-0.25, -0.2) is 9.07 Å². The van der Waals surface area contributed by atoms with Gasteiger partial charge in [0.05, 0.1) is 5.52 Å². The van der Waals surface area contributed by atoms with Crippen LogP contribution in [0.3, 0.4) is 0 Å². The Kier molecular flexibility index (Phi) is 8.05. The van der Waals surface area contributed by atoms with Crippen LogP contribution in [0.1, 0.15) is 37.4 Å². The molecule has 7 nitrogen and oxygen atoms in total. The van der Waals surface area contributed by atoms with E-state index in [0.29, 0.717) is 29.1 Å². The molecular formula is C28H30FN5O2. The smallest absolute Gasteiger partial charge is 0.247 e. The Labute approximate surface area is 209 Å². The number of carbonyl (C=O) groups excluding carboxylic acids is 2. The summed E-state index contributed by atoms with van der Waals surface area (Å²) in [4.78, 5) is 28.9. The maximum Gasteiger partial charge on any atom is 0.247 e. The molecule has 4 rings (SSSR count). The van der Waals surface area contributed by atoms with E-state index in [1.165, 1.54) is 21.7 Å². The molecule has 8 heteroatoms. The highest BCUT2D eigenvalue weighted by atomic mass is 19.1. The third kappa shape index (κ3) is 6.13. The predicted molar refractivity (Wildman–Crippen MR) is 136 cm³/mol. The molecule has 1 aromatic heterocycles. The van der Waals surface area contributed by atoms with E-state index in [4.69, 9.17) is 0 Å². The fraction of sp³-hybridized carbons (Fsp3) is 0.286. The van der Waals surface area contributed by atoms with Crippen molar-refractivity contribution in [1.82, 2.24) is 25.2 Å². The molecule has 0 radical (unpaired) electrons. The minimum atomic E-state index is -0.870. The second-order valence-corrected chi connectivity index (χ2v) is 9.17. The van der Waals surface area contributed by atoms with Crippen LogP contribution >= 0.6 is 0 Å². The molecule has 0 aliphatic heterocycles. The Hall–Kier alpha value is -4.07. The molecule has 0 bridgehead atoms. The van der Waals surface area contributed by atoms with Crippen molar-refractivity contribution in [1.29, 1.82) is 0 Å². The fourth-order valence-corrected chi connectivity index (χ4v) is 4.05. The maximum atomic E-state index is 13.8. The summed E-state index contributed by atoms with van der Waals surface area (Å²) in [5, 5.41) is 11.3. The molecule has 1 atom stereocenters. The summed E-state index contributed by atoms with van der Waals surface area (Å²) >= 11 is 0. The van der Waals surface area contributed by atoms with Gasteiger partial charge in [-0.2, -0.15) is 0 Å². The highest BCUT2D eigenvalue weighted by Gasteiger charge is 2.32. The molecule has 186 valence electrons. The number of carbonyl (C=O) groups is 2. The normalized spacial score (nSPS) is 12.0. The number of nitrogens with one attached hydrogen (secondary N) is 1. The first kappa shape index (κ1) is 25.0. The van der Waals surface area contributed by atoms with Gasteiger partial charge >= 0.3 is 0 Å². The SMILES string of the molecule is CC(C)CCNC(=O)C(c1ccccc1)N(Cc1ccc(F)cc1)C(=O)Cn1nnc2ccccc21. The van der Waals surface area contributed by atoms with Gasteiger partial charge in [-0.15, -0.1) is 5.10 Å². The molecule has 4 aromatic rings. The summed E-state index contributed by atoms with van der Waals surface area (Å²) in [6, 6.07) is 21.7. The quantitative estimate of drug-likeness (QED) is 0.357. The Morgan fingerprint density at radius 1 is 0.972 bits per heavy atom. The molecule has 3 aromatic carbocycles. The molecule has 1 unspecified atom stereocenters. The Bertz CT molecular complexity index is 1300. The number of amides is 2. The Balaban J connectivity index is 1.69. The number of halogens is 1. The lowest BCUT2D eigenvalue weighted by Crippen LogP contribution is -2.45. The van der Waals surface area contributed by atoms with Crippen LogP contribution in [-0.4, -0.2) is 38.3 Å². The molecular weight excluding hydrogens is 457 g/mol. The fourth-order valence-electron chi connectivity index (χ4n) is 4.05. The summed E-state index contributed by atoms with van der Waals surface area (Å²) in [5.41, 5.74) is 2.81. The number of aromatic nitrogens is 3. The van der Waals surface area contributed by atoms with Crippen LogP contribution in [-0.2, 0) is 22.7 Å². The average molecular weight is 488 g/mol. The van der Waals surface area contributed by atoms with Crippen molar-refractivity contribution in [2.24, 2.45) is 5.92 Å². The largest absolute Gasteiger partial charge is 0.354 e. The highest BCUT2D eigenvalue weighted by Crippen LogP contribution is 2.25. The summed E-state index contributed by atoms with van der Waals surface area (Å²) < 4.78 is 15.1. The summed E-state index contributed by atoms with van der Waals surface area (Å²) in [6.45, 7) is 4.72. The van der Waals surface area contributed by atoms with Crippen molar-refractivity contribution in [2.75, 3.05) is 6.54 Å². The summed E-state index contributed by atoms with van der Waals surface area (Å²) in [5.74, 6) is -0.502. The lowest BCUT2D eigenvalue weighted by Gasteiger charge is -2.31. The second kappa shape index (κ2) is 11.6. The van der Waals surface area contributed by atoms with Crippen molar-refractivity contribution in [3.05, 3.63) is 95.8 Å². The first-order chi connectivity index (χ1) is 17.4. The molecule has 0 saturated heterocycles. The van der Waals surface area contributed by atoms with E-state index in [-0.39, 0.29) is 30.7 Å². The van der Waals surface area contributed by atoms with Crippen LogP contribution in [0.5, 0.6) is 0 Å². The van der Waals surface area contributed by atoms with Crippen molar-refractivity contribution in [3.63, 3.8) is 0 Å². The minimum Gasteiger partial charge on any atom is -0.354 e. The van der Waals surface area contributed by atoms with Gasteiger partial charge in [-0.3, -0.25) is 9.59 Å². The van der Waals surface area contributed by atoms with Gasteiger partial charge in [0.15, 0.2) is 0 Å². The van der Waals surface area contributed by atoms with Crippen molar-refractivity contribution < 1.29 is 14.0 Å². The van der Waals surface area contributed by atoms with Gasteiger partial charge in [0.1, 0.15) is 23.9 Å². The first-order valence-corrected chi connectivity index (χ1v) is 12.1. The monoisotopic (exact) mass is 487 g/mol. The maximum absolute atomic E-state index is 13.8. The second-order valence-electron chi connectivity index (χ2n) is 9.17. The molecule has 0 fully saturated rings. The van der Waals surface area contributed by atoms with Crippen molar-refractivity contribution >= 4 is 22.8 Å². The van der Waals surface area contributed by atoms with E-state index < -0.39 is 6.04 Å². The number of nitrogens with zero attached hydrogens (tertiary/aromatic N) is 4. The summed E-state index contributed by atoms with van der Waals surface area (Å²) in [6.07, 6.45) is 0.824. The number of rotatable bonds is 10. The molecule has 0 aliphatic carbocycles. The zero-order valence-electron chi connectivity index (χ0n) is 20.5. The van der Waals surface area contributed by atoms with Gasteiger partial charge in [-0.1, -0.05) is 73.7 Å². The van der Waals surface area contributed by atoms with E-state index >= 15 is 0 Å². The van der Waals surface area contributed by atoms with E-state index in [2.05, 4.69) is 29.5 Å². The predicted octanol–water partition coefficient (Wildman–Crippen LogP) is 4.50. The molecule has 0 saturated carbocycles. The average Bonchev–Trinajstić information content (AvgIpc) is 3.28. The van der Waals surface area contributed by atoms with Gasteiger partial charge in [0.25, 0.3) is 0 Å². The number of fused-ring (bicyclic) bond motifs is 1. The minimum absolute atomic E-state index is 0.0929. The lowest BCUT2D eigenvalue weighted by atomic mass is 10.0. The topological polar surface area (TPSA) is 80.1 Å². The number of hydrogen-bond acceptors (Lipinski definition) is 4. The molecule has 1 N–H and O–H groups in total.